The first kappa shape index (κ1) is 16.1. The maximum atomic E-state index is 6.21. The van der Waals surface area contributed by atoms with Gasteiger partial charge in [-0.2, -0.15) is 0 Å². The Balaban J connectivity index is 1.79. The molecule has 1 aromatic heterocycles. The number of nitrogens with one attached hydrogen (secondary N) is 2. The molecule has 3 rings (SSSR count). The van der Waals surface area contributed by atoms with E-state index in [1.54, 1.807) is 12.1 Å². The fraction of sp³-hybridized carbons (Fsp3) is 0.111. The molecule has 0 amide bonds. The van der Waals surface area contributed by atoms with Crippen LogP contribution in [0.4, 0.5) is 23.0 Å². The van der Waals surface area contributed by atoms with Crippen LogP contribution in [0.2, 0.25) is 5.02 Å². The third kappa shape index (κ3) is 3.75. The van der Waals surface area contributed by atoms with E-state index in [4.69, 9.17) is 17.3 Å². The number of nitrogens with zero attached hydrogens (tertiary/aromatic N) is 2. The summed E-state index contributed by atoms with van der Waals surface area (Å²) >= 11 is 5.90. The van der Waals surface area contributed by atoms with E-state index in [2.05, 4.69) is 39.7 Å². The van der Waals surface area contributed by atoms with Crippen LogP contribution in [-0.4, -0.2) is 9.97 Å². The molecule has 0 saturated carbocycles. The molecule has 0 aliphatic rings. The molecule has 0 fully saturated rings. The van der Waals surface area contributed by atoms with E-state index in [1.165, 1.54) is 6.33 Å². The summed E-state index contributed by atoms with van der Waals surface area (Å²) in [5.41, 5.74) is 8.69. The molecule has 0 bridgehead atoms. The largest absolute Gasteiger partial charge is 0.393 e. The second-order valence-corrected chi connectivity index (χ2v) is 5.83. The lowest BCUT2D eigenvalue weighted by Crippen LogP contribution is -2.11. The van der Waals surface area contributed by atoms with Gasteiger partial charge in [-0.3, -0.25) is 0 Å². The molecule has 1 atom stereocenters. The second kappa shape index (κ2) is 7.19. The highest BCUT2D eigenvalue weighted by Gasteiger charge is 2.12. The predicted molar refractivity (Wildman–Crippen MR) is 99.7 cm³/mol. The Kier molecular flexibility index (Phi) is 4.82. The van der Waals surface area contributed by atoms with Gasteiger partial charge in [0.1, 0.15) is 12.0 Å². The highest BCUT2D eigenvalue weighted by molar-refractivity contribution is 6.30. The van der Waals surface area contributed by atoms with Gasteiger partial charge in [-0.05, 0) is 36.8 Å². The number of aromatic nitrogens is 2. The molecule has 5 nitrogen and oxygen atoms in total. The van der Waals surface area contributed by atoms with Gasteiger partial charge in [0.25, 0.3) is 0 Å². The Labute approximate surface area is 145 Å². The normalized spacial score (nSPS) is 11.8. The van der Waals surface area contributed by atoms with Crippen LogP contribution in [0.15, 0.2) is 60.9 Å². The van der Waals surface area contributed by atoms with E-state index in [9.17, 15) is 0 Å². The number of nitrogen functional groups attached to an aromatic ring is 1. The van der Waals surface area contributed by atoms with Crippen LogP contribution >= 0.6 is 11.6 Å². The minimum atomic E-state index is 0.0757. The first-order valence-corrected chi connectivity index (χ1v) is 7.96. The molecule has 4 N–H and O–H groups in total. The summed E-state index contributed by atoms with van der Waals surface area (Å²) in [4.78, 5) is 8.47. The van der Waals surface area contributed by atoms with E-state index in [0.717, 1.165) is 11.3 Å². The summed E-state index contributed by atoms with van der Waals surface area (Å²) < 4.78 is 0. The lowest BCUT2D eigenvalue weighted by atomic mass is 10.1. The monoisotopic (exact) mass is 339 g/mol. The summed E-state index contributed by atoms with van der Waals surface area (Å²) in [6, 6.07) is 17.5. The minimum Gasteiger partial charge on any atom is -0.393 e. The maximum absolute atomic E-state index is 6.21. The predicted octanol–water partition coefficient (Wildman–Crippen LogP) is 4.63. The summed E-state index contributed by atoms with van der Waals surface area (Å²) in [6.07, 6.45) is 1.48. The van der Waals surface area contributed by atoms with Gasteiger partial charge < -0.3 is 16.4 Å². The molecule has 0 spiro atoms. The maximum Gasteiger partial charge on any atom is 0.159 e. The van der Waals surface area contributed by atoms with Gasteiger partial charge >= 0.3 is 0 Å². The molecule has 0 aliphatic carbocycles. The zero-order valence-corrected chi connectivity index (χ0v) is 14.0. The average molecular weight is 340 g/mol. The number of rotatable bonds is 5. The van der Waals surface area contributed by atoms with Gasteiger partial charge in [0.2, 0.25) is 0 Å². The fourth-order valence-electron chi connectivity index (χ4n) is 2.31. The minimum absolute atomic E-state index is 0.0757. The van der Waals surface area contributed by atoms with Crippen molar-refractivity contribution < 1.29 is 0 Å². The summed E-state index contributed by atoms with van der Waals surface area (Å²) in [6.45, 7) is 2.06. The smallest absolute Gasteiger partial charge is 0.159 e. The topological polar surface area (TPSA) is 75.9 Å². The molecule has 3 aromatic rings. The van der Waals surface area contributed by atoms with Crippen molar-refractivity contribution >= 4 is 34.6 Å². The van der Waals surface area contributed by atoms with E-state index >= 15 is 0 Å². The van der Waals surface area contributed by atoms with E-state index in [0.29, 0.717) is 22.3 Å². The number of anilines is 4. The van der Waals surface area contributed by atoms with Gasteiger partial charge in [-0.25, -0.2) is 9.97 Å². The van der Waals surface area contributed by atoms with Crippen molar-refractivity contribution in [3.05, 3.63) is 71.5 Å². The summed E-state index contributed by atoms with van der Waals surface area (Å²) in [5, 5.41) is 7.18. The third-order valence-electron chi connectivity index (χ3n) is 3.64. The highest BCUT2D eigenvalue weighted by Crippen LogP contribution is 2.28. The molecule has 1 heterocycles. The van der Waals surface area contributed by atoms with Crippen molar-refractivity contribution in [3.63, 3.8) is 0 Å². The van der Waals surface area contributed by atoms with Crippen molar-refractivity contribution in [1.29, 1.82) is 0 Å². The van der Waals surface area contributed by atoms with Gasteiger partial charge in [0.15, 0.2) is 11.6 Å². The van der Waals surface area contributed by atoms with Crippen molar-refractivity contribution in [1.82, 2.24) is 9.97 Å². The third-order valence-corrected chi connectivity index (χ3v) is 3.90. The van der Waals surface area contributed by atoms with Crippen molar-refractivity contribution in [2.75, 3.05) is 16.4 Å². The highest BCUT2D eigenvalue weighted by atomic mass is 35.5. The van der Waals surface area contributed by atoms with Crippen LogP contribution < -0.4 is 16.4 Å². The van der Waals surface area contributed by atoms with Gasteiger partial charge in [-0.15, -0.1) is 0 Å². The standard InChI is InChI=1S/C18H18ClN5/c1-12(13-5-3-2-4-6-13)23-17-16(20)18(22-11-21-17)24-15-9-7-14(19)8-10-15/h2-12H,20H2,1H3,(H2,21,22,23,24). The quantitative estimate of drug-likeness (QED) is 0.632. The van der Waals surface area contributed by atoms with Crippen LogP contribution in [0.25, 0.3) is 0 Å². The Hall–Kier alpha value is -2.79. The van der Waals surface area contributed by atoms with Crippen molar-refractivity contribution in [3.8, 4) is 0 Å². The van der Waals surface area contributed by atoms with Crippen LogP contribution in [0.3, 0.4) is 0 Å². The summed E-state index contributed by atoms with van der Waals surface area (Å²) in [5.74, 6) is 1.15. The van der Waals surface area contributed by atoms with Crippen LogP contribution in [0.1, 0.15) is 18.5 Å². The number of nitrogens with two attached hydrogens (primary N) is 1. The zero-order valence-electron chi connectivity index (χ0n) is 13.2. The van der Waals surface area contributed by atoms with Gasteiger partial charge in [0.05, 0.1) is 6.04 Å². The van der Waals surface area contributed by atoms with E-state index in [-0.39, 0.29) is 6.04 Å². The molecule has 6 heteroatoms. The number of hydrogen-bond acceptors (Lipinski definition) is 5. The first-order chi connectivity index (χ1) is 11.6. The second-order valence-electron chi connectivity index (χ2n) is 5.39. The molecular weight excluding hydrogens is 322 g/mol. The Morgan fingerprint density at radius 1 is 0.958 bits per heavy atom. The van der Waals surface area contributed by atoms with Crippen molar-refractivity contribution in [2.45, 2.75) is 13.0 Å². The lowest BCUT2D eigenvalue weighted by Gasteiger charge is -2.17. The first-order valence-electron chi connectivity index (χ1n) is 7.58. The van der Waals surface area contributed by atoms with Crippen LogP contribution in [0, 0.1) is 0 Å². The molecule has 24 heavy (non-hydrogen) atoms. The average Bonchev–Trinajstić information content (AvgIpc) is 2.61. The fourth-order valence-corrected chi connectivity index (χ4v) is 2.44. The van der Waals surface area contributed by atoms with E-state index < -0.39 is 0 Å². The van der Waals surface area contributed by atoms with Crippen LogP contribution in [-0.2, 0) is 0 Å². The Morgan fingerprint density at radius 2 is 1.62 bits per heavy atom. The number of benzene rings is 2. The van der Waals surface area contributed by atoms with E-state index in [1.807, 2.05) is 30.3 Å². The molecule has 1 unspecified atom stereocenters. The molecule has 0 saturated heterocycles. The summed E-state index contributed by atoms with van der Waals surface area (Å²) in [7, 11) is 0. The SMILES string of the molecule is CC(Nc1ncnc(Nc2ccc(Cl)cc2)c1N)c1ccccc1. The molecule has 0 aliphatic heterocycles. The lowest BCUT2D eigenvalue weighted by molar-refractivity contribution is 0.873. The zero-order chi connectivity index (χ0) is 16.9. The molecule has 2 aromatic carbocycles. The number of hydrogen-bond donors (Lipinski definition) is 3. The number of halogens is 1. The Morgan fingerprint density at radius 3 is 2.33 bits per heavy atom. The molecular formula is C18H18ClN5. The molecule has 0 radical (unpaired) electrons. The molecule has 122 valence electrons. The van der Waals surface area contributed by atoms with Crippen molar-refractivity contribution in [2.24, 2.45) is 0 Å². The van der Waals surface area contributed by atoms with Gasteiger partial charge in [0, 0.05) is 10.7 Å². The van der Waals surface area contributed by atoms with Gasteiger partial charge in [-0.1, -0.05) is 41.9 Å². The van der Waals surface area contributed by atoms with Crippen LogP contribution in [0.5, 0.6) is 0 Å². The Bertz CT molecular complexity index is 805.